The van der Waals surface area contributed by atoms with Crippen LogP contribution in [0.2, 0.25) is 0 Å². The Morgan fingerprint density at radius 2 is 1.92 bits per heavy atom. The molecule has 7 heteroatoms. The molecule has 0 heterocycles. The third-order valence-electron chi connectivity index (χ3n) is 3.58. The maximum atomic E-state index is 12.1. The van der Waals surface area contributed by atoms with Gasteiger partial charge in [-0.2, -0.15) is 4.89 Å². The molecule has 0 aliphatic rings. The largest absolute Gasteiger partial charge is 0.446 e. The molecule has 0 aromatic rings. The zero-order chi connectivity index (χ0) is 18.6. The second kappa shape index (κ2) is 12.1. The molecule has 3 N–H and O–H groups in total. The van der Waals surface area contributed by atoms with Crippen molar-refractivity contribution in [1.82, 2.24) is 5.32 Å². The van der Waals surface area contributed by atoms with Gasteiger partial charge in [0.15, 0.2) is 0 Å². The number of alkyl carbamates (subject to hydrolysis) is 1. The van der Waals surface area contributed by atoms with E-state index < -0.39 is 17.8 Å². The van der Waals surface area contributed by atoms with Crippen LogP contribution in [-0.4, -0.2) is 36.9 Å². The zero-order valence-electron chi connectivity index (χ0n) is 15.7. The zero-order valence-corrected chi connectivity index (χ0v) is 15.7. The number of carbonyl (C=O) groups excluding carboxylic acids is 2. The number of amides is 1. The number of nitrogens with one attached hydrogen (secondary N) is 1. The molecule has 0 aromatic carbocycles. The molecule has 142 valence electrons. The molecular weight excluding hydrogens is 312 g/mol. The highest BCUT2D eigenvalue weighted by Gasteiger charge is 2.28. The molecule has 0 saturated carbocycles. The molecule has 0 aromatic heterocycles. The molecule has 0 radical (unpaired) electrons. The van der Waals surface area contributed by atoms with Gasteiger partial charge >= 0.3 is 12.1 Å². The topological polar surface area (TPSA) is 99.9 Å². The second-order valence-corrected chi connectivity index (χ2v) is 6.63. The Balaban J connectivity index is 4.27. The number of unbranched alkanes of at least 4 members (excludes halogenated alkanes) is 1. The van der Waals surface area contributed by atoms with Gasteiger partial charge in [-0.25, -0.2) is 9.59 Å². The Labute approximate surface area is 145 Å². The van der Waals surface area contributed by atoms with Crippen LogP contribution < -0.4 is 11.1 Å². The summed E-state index contributed by atoms with van der Waals surface area (Å²) in [5.74, 6) is -0.482. The Morgan fingerprint density at radius 1 is 1.25 bits per heavy atom. The fourth-order valence-electron chi connectivity index (χ4n) is 2.33. The number of hydrogen-bond donors (Lipinski definition) is 2. The van der Waals surface area contributed by atoms with Crippen molar-refractivity contribution in [1.29, 1.82) is 0 Å². The molecule has 0 saturated heterocycles. The predicted molar refractivity (Wildman–Crippen MR) is 92.2 cm³/mol. The molecule has 1 amide bonds. The van der Waals surface area contributed by atoms with Gasteiger partial charge in [-0.1, -0.05) is 26.7 Å². The lowest BCUT2D eigenvalue weighted by atomic mass is 10.00. The summed E-state index contributed by atoms with van der Waals surface area (Å²) < 4.78 is 5.19. The second-order valence-electron chi connectivity index (χ2n) is 6.63. The van der Waals surface area contributed by atoms with Crippen LogP contribution in [0.1, 0.15) is 66.7 Å². The van der Waals surface area contributed by atoms with Crippen LogP contribution in [0, 0.1) is 5.92 Å². The van der Waals surface area contributed by atoms with E-state index in [1.807, 2.05) is 6.92 Å². The third-order valence-corrected chi connectivity index (χ3v) is 3.58. The van der Waals surface area contributed by atoms with Gasteiger partial charge in [-0.05, 0) is 33.6 Å². The lowest BCUT2D eigenvalue weighted by Crippen LogP contribution is -2.36. The highest BCUT2D eigenvalue weighted by molar-refractivity contribution is 5.71. The van der Waals surface area contributed by atoms with Gasteiger partial charge in [0.2, 0.25) is 0 Å². The van der Waals surface area contributed by atoms with Gasteiger partial charge < -0.3 is 15.8 Å². The SMILES string of the molecule is CCCCC(CC)C(=O)OOC(C)(C)CC(C)OC(=O)NCCN. The molecule has 0 spiro atoms. The van der Waals surface area contributed by atoms with E-state index in [2.05, 4.69) is 12.2 Å². The van der Waals surface area contributed by atoms with Crippen molar-refractivity contribution in [2.24, 2.45) is 11.7 Å². The van der Waals surface area contributed by atoms with E-state index in [0.717, 1.165) is 25.7 Å². The Morgan fingerprint density at radius 3 is 2.46 bits per heavy atom. The highest BCUT2D eigenvalue weighted by atomic mass is 17.2. The fraction of sp³-hybridized carbons (Fsp3) is 0.882. The van der Waals surface area contributed by atoms with Crippen LogP contribution >= 0.6 is 0 Å². The van der Waals surface area contributed by atoms with Crippen molar-refractivity contribution < 1.29 is 24.1 Å². The molecule has 7 nitrogen and oxygen atoms in total. The Kier molecular flexibility index (Phi) is 11.4. The van der Waals surface area contributed by atoms with Crippen LogP contribution in [0.15, 0.2) is 0 Å². The van der Waals surface area contributed by atoms with Crippen molar-refractivity contribution in [2.75, 3.05) is 13.1 Å². The molecule has 0 aliphatic carbocycles. The average molecular weight is 346 g/mol. The van der Waals surface area contributed by atoms with E-state index in [9.17, 15) is 9.59 Å². The Bertz CT molecular complexity index is 374. The van der Waals surface area contributed by atoms with Crippen LogP contribution in [0.3, 0.4) is 0 Å². The van der Waals surface area contributed by atoms with Gasteiger partial charge in [0.1, 0.15) is 11.7 Å². The molecular formula is C17H34N2O5. The molecule has 2 atom stereocenters. The first-order valence-electron chi connectivity index (χ1n) is 8.79. The summed E-state index contributed by atoms with van der Waals surface area (Å²) in [6.07, 6.45) is 3.03. The number of rotatable bonds is 12. The quantitative estimate of drug-likeness (QED) is 0.416. The summed E-state index contributed by atoms with van der Waals surface area (Å²) >= 11 is 0. The molecule has 2 unspecified atom stereocenters. The van der Waals surface area contributed by atoms with Gasteiger partial charge in [-0.15, -0.1) is 0 Å². The normalized spacial score (nSPS) is 13.9. The first-order chi connectivity index (χ1) is 11.3. The lowest BCUT2D eigenvalue weighted by molar-refractivity contribution is -0.331. The van der Waals surface area contributed by atoms with Crippen LogP contribution in [-0.2, 0) is 19.3 Å². The minimum absolute atomic E-state index is 0.142. The highest BCUT2D eigenvalue weighted by Crippen LogP contribution is 2.21. The van der Waals surface area contributed by atoms with Crippen molar-refractivity contribution in [2.45, 2.75) is 78.4 Å². The van der Waals surface area contributed by atoms with Crippen LogP contribution in [0.25, 0.3) is 0 Å². The third kappa shape index (κ3) is 10.4. The first kappa shape index (κ1) is 22.7. The molecule has 0 bridgehead atoms. The fourth-order valence-corrected chi connectivity index (χ4v) is 2.33. The number of hydrogen-bond acceptors (Lipinski definition) is 6. The number of ether oxygens (including phenoxy) is 1. The van der Waals surface area contributed by atoms with Gasteiger partial charge in [0, 0.05) is 19.5 Å². The van der Waals surface area contributed by atoms with Crippen molar-refractivity contribution in [3.05, 3.63) is 0 Å². The molecule has 0 fully saturated rings. The number of carbonyl (C=O) groups is 2. The standard InChI is InChI=1S/C17H34N2O5/c1-6-8-9-14(7-2)15(20)23-24-17(4,5)12-13(3)22-16(21)19-11-10-18/h13-14H,6-12,18H2,1-5H3,(H,19,21). The smallest absolute Gasteiger partial charge is 0.407 e. The van der Waals surface area contributed by atoms with E-state index in [4.69, 9.17) is 20.2 Å². The van der Waals surface area contributed by atoms with E-state index in [-0.39, 0.29) is 11.9 Å². The summed E-state index contributed by atoms with van der Waals surface area (Å²) in [5, 5.41) is 2.53. The maximum absolute atomic E-state index is 12.1. The molecule has 0 aliphatic heterocycles. The predicted octanol–water partition coefficient (Wildman–Crippen LogP) is 2.92. The monoisotopic (exact) mass is 346 g/mol. The summed E-state index contributed by atoms with van der Waals surface area (Å²) in [4.78, 5) is 33.9. The maximum Gasteiger partial charge on any atom is 0.407 e. The summed E-state index contributed by atoms with van der Waals surface area (Å²) in [6.45, 7) is 10.1. The van der Waals surface area contributed by atoms with E-state index in [0.29, 0.717) is 19.5 Å². The first-order valence-corrected chi connectivity index (χ1v) is 8.79. The van der Waals surface area contributed by atoms with E-state index in [1.54, 1.807) is 20.8 Å². The van der Waals surface area contributed by atoms with Crippen molar-refractivity contribution in [3.8, 4) is 0 Å². The number of nitrogens with two attached hydrogens (primary N) is 1. The van der Waals surface area contributed by atoms with Crippen LogP contribution in [0.5, 0.6) is 0 Å². The van der Waals surface area contributed by atoms with Crippen molar-refractivity contribution in [3.63, 3.8) is 0 Å². The van der Waals surface area contributed by atoms with Crippen molar-refractivity contribution >= 4 is 12.1 Å². The molecule has 24 heavy (non-hydrogen) atoms. The minimum atomic E-state index is -0.758. The summed E-state index contributed by atoms with van der Waals surface area (Å²) in [5.41, 5.74) is 4.55. The average Bonchev–Trinajstić information content (AvgIpc) is 2.51. The molecule has 0 rings (SSSR count). The van der Waals surface area contributed by atoms with Crippen LogP contribution in [0.4, 0.5) is 4.79 Å². The lowest BCUT2D eigenvalue weighted by Gasteiger charge is -2.26. The Hall–Kier alpha value is -1.34. The summed E-state index contributed by atoms with van der Waals surface area (Å²) in [7, 11) is 0. The van der Waals surface area contributed by atoms with Gasteiger partial charge in [0.25, 0.3) is 0 Å². The van der Waals surface area contributed by atoms with E-state index in [1.165, 1.54) is 0 Å². The minimum Gasteiger partial charge on any atom is -0.446 e. The van der Waals surface area contributed by atoms with E-state index >= 15 is 0 Å². The van der Waals surface area contributed by atoms with Gasteiger partial charge in [-0.3, -0.25) is 4.89 Å². The van der Waals surface area contributed by atoms with Gasteiger partial charge in [0.05, 0.1) is 5.92 Å². The summed E-state index contributed by atoms with van der Waals surface area (Å²) in [6, 6.07) is 0.